The Kier molecular flexibility index (Phi) is 7.59. The summed E-state index contributed by atoms with van der Waals surface area (Å²) in [4.78, 5) is 25.4. The van der Waals surface area contributed by atoms with Gasteiger partial charge in [0.2, 0.25) is 0 Å². The molecule has 2 N–H and O–H groups in total. The molecule has 2 aliphatic rings. The van der Waals surface area contributed by atoms with Crippen LogP contribution in [0, 0.1) is 17.3 Å². The van der Waals surface area contributed by atoms with Crippen LogP contribution < -0.4 is 5.73 Å². The Balaban J connectivity index is 1.74. The molecule has 0 radical (unpaired) electrons. The van der Waals surface area contributed by atoms with Crippen LogP contribution in [0.15, 0.2) is 0 Å². The fourth-order valence-electron chi connectivity index (χ4n) is 3.07. The predicted octanol–water partition coefficient (Wildman–Crippen LogP) is 4.32. The summed E-state index contributed by atoms with van der Waals surface area (Å²) in [6.45, 7) is 8.30. The first kappa shape index (κ1) is 20.8. The van der Waals surface area contributed by atoms with Crippen LogP contribution in [-0.4, -0.2) is 42.9 Å². The van der Waals surface area contributed by atoms with Crippen molar-refractivity contribution in [2.24, 2.45) is 23.0 Å². The summed E-state index contributed by atoms with van der Waals surface area (Å²) < 4.78 is 10.6. The van der Waals surface area contributed by atoms with Crippen LogP contribution in [0.1, 0.15) is 72.1 Å². The number of nitrogens with zero attached hydrogens (tertiary/aromatic N) is 1. The molecule has 0 saturated heterocycles. The zero-order valence-electron chi connectivity index (χ0n) is 16.7. The van der Waals surface area contributed by atoms with Crippen molar-refractivity contribution in [1.29, 1.82) is 0 Å². The van der Waals surface area contributed by atoms with Crippen molar-refractivity contribution in [1.82, 2.24) is 4.90 Å². The fraction of sp³-hybridized carbons (Fsp3) is 0.900. The highest BCUT2D eigenvalue weighted by molar-refractivity contribution is 5.68. The average molecular weight is 369 g/mol. The second-order valence-corrected chi connectivity index (χ2v) is 9.23. The predicted molar refractivity (Wildman–Crippen MR) is 101 cm³/mol. The van der Waals surface area contributed by atoms with E-state index < -0.39 is 12.2 Å². The summed E-state index contributed by atoms with van der Waals surface area (Å²) >= 11 is 0. The lowest BCUT2D eigenvalue weighted by Gasteiger charge is -2.24. The van der Waals surface area contributed by atoms with E-state index in [0.29, 0.717) is 23.7 Å². The van der Waals surface area contributed by atoms with E-state index in [9.17, 15) is 9.59 Å². The number of hydrogen-bond acceptors (Lipinski definition) is 4. The van der Waals surface area contributed by atoms with Crippen molar-refractivity contribution < 1.29 is 19.1 Å². The lowest BCUT2D eigenvalue weighted by molar-refractivity contribution is 0.0289. The molecule has 6 nitrogen and oxygen atoms in total. The summed E-state index contributed by atoms with van der Waals surface area (Å²) in [5, 5.41) is 0. The molecule has 6 heteroatoms. The number of carbonyl (C=O) groups excluding carboxylic acids is 2. The van der Waals surface area contributed by atoms with E-state index in [0.717, 1.165) is 32.4 Å². The van der Waals surface area contributed by atoms with Crippen LogP contribution in [-0.2, 0) is 9.47 Å². The van der Waals surface area contributed by atoms with Gasteiger partial charge in [0.05, 0.1) is 0 Å². The number of hydrogen-bond donors (Lipinski definition) is 1. The summed E-state index contributed by atoms with van der Waals surface area (Å²) in [5.41, 5.74) is 5.46. The molecule has 0 aromatic carbocycles. The number of amides is 2. The third kappa shape index (κ3) is 9.30. The first-order chi connectivity index (χ1) is 12.2. The molecule has 0 aromatic rings. The highest BCUT2D eigenvalue weighted by Gasteiger charge is 2.32. The van der Waals surface area contributed by atoms with Gasteiger partial charge in [0.1, 0.15) is 12.7 Å². The molecule has 0 unspecified atom stereocenters. The summed E-state index contributed by atoms with van der Waals surface area (Å²) in [5.74, 6) is 1.27. The van der Waals surface area contributed by atoms with Gasteiger partial charge in [0.15, 0.2) is 0 Å². The highest BCUT2D eigenvalue weighted by atomic mass is 16.6. The Bertz CT molecular complexity index is 453. The Hall–Kier alpha value is -1.46. The second-order valence-electron chi connectivity index (χ2n) is 9.23. The SMILES string of the molecule is CC(C)(C)CCCC[C@@H](COC(=O)N(CC1CC1)CC1CC1)OC(N)=O. The van der Waals surface area contributed by atoms with E-state index in [1.807, 2.05) is 4.90 Å². The Morgan fingerprint density at radius 1 is 1.08 bits per heavy atom. The quantitative estimate of drug-likeness (QED) is 0.551. The van der Waals surface area contributed by atoms with Crippen molar-refractivity contribution >= 4 is 12.2 Å². The first-order valence-corrected chi connectivity index (χ1v) is 10.1. The average Bonchev–Trinajstić information content (AvgIpc) is 3.42. The molecule has 2 amide bonds. The van der Waals surface area contributed by atoms with Crippen LogP contribution in [0.25, 0.3) is 0 Å². The molecule has 0 spiro atoms. The molecule has 0 aliphatic heterocycles. The smallest absolute Gasteiger partial charge is 0.409 e. The van der Waals surface area contributed by atoms with Gasteiger partial charge in [-0.15, -0.1) is 0 Å². The molecular formula is C20H36N2O4. The molecule has 0 aromatic heterocycles. The summed E-state index contributed by atoms with van der Waals surface area (Å²) in [7, 11) is 0. The third-order valence-electron chi connectivity index (χ3n) is 4.99. The van der Waals surface area contributed by atoms with Crippen LogP contribution in [0.5, 0.6) is 0 Å². The molecule has 2 fully saturated rings. The lowest BCUT2D eigenvalue weighted by Crippen LogP contribution is -2.37. The largest absolute Gasteiger partial charge is 0.445 e. The minimum atomic E-state index is -0.810. The first-order valence-electron chi connectivity index (χ1n) is 10.1. The molecule has 26 heavy (non-hydrogen) atoms. The van der Waals surface area contributed by atoms with Crippen LogP contribution >= 0.6 is 0 Å². The topological polar surface area (TPSA) is 81.9 Å². The standard InChI is InChI=1S/C20H36N2O4/c1-20(2,3)11-5-4-6-17(26-18(21)23)14-25-19(24)22(12-15-7-8-15)13-16-9-10-16/h15-17H,4-14H2,1-3H3,(H2,21,23)/t17-/m0/s1. The van der Waals surface area contributed by atoms with Gasteiger partial charge in [-0.05, 0) is 62.2 Å². The third-order valence-corrected chi connectivity index (χ3v) is 4.99. The van der Waals surface area contributed by atoms with Gasteiger partial charge in [-0.2, -0.15) is 0 Å². The molecule has 2 rings (SSSR count). The minimum Gasteiger partial charge on any atom is -0.445 e. The fourth-order valence-corrected chi connectivity index (χ4v) is 3.07. The van der Waals surface area contributed by atoms with E-state index in [1.54, 1.807) is 0 Å². The van der Waals surface area contributed by atoms with E-state index in [4.69, 9.17) is 15.2 Å². The second kappa shape index (κ2) is 9.47. The zero-order valence-corrected chi connectivity index (χ0v) is 16.7. The maximum Gasteiger partial charge on any atom is 0.409 e. The molecule has 0 heterocycles. The Labute approximate surface area is 157 Å². The summed E-state index contributed by atoms with van der Waals surface area (Å²) in [6.07, 6.45) is 7.00. The Morgan fingerprint density at radius 2 is 1.65 bits per heavy atom. The van der Waals surface area contributed by atoms with Crippen molar-refractivity contribution in [2.75, 3.05) is 19.7 Å². The molecule has 1 atom stereocenters. The lowest BCUT2D eigenvalue weighted by atomic mass is 9.89. The minimum absolute atomic E-state index is 0.0864. The molecule has 2 saturated carbocycles. The van der Waals surface area contributed by atoms with E-state index in [2.05, 4.69) is 20.8 Å². The summed E-state index contributed by atoms with van der Waals surface area (Å²) in [6, 6.07) is 0. The van der Waals surface area contributed by atoms with Crippen molar-refractivity contribution in [3.8, 4) is 0 Å². The van der Waals surface area contributed by atoms with Gasteiger partial charge < -0.3 is 20.1 Å². The Morgan fingerprint density at radius 3 is 2.12 bits per heavy atom. The molecule has 0 bridgehead atoms. The van der Waals surface area contributed by atoms with Crippen LogP contribution in [0.2, 0.25) is 0 Å². The van der Waals surface area contributed by atoms with Gasteiger partial charge in [-0.25, -0.2) is 9.59 Å². The number of ether oxygens (including phenoxy) is 2. The highest BCUT2D eigenvalue weighted by Crippen LogP contribution is 2.34. The van der Waals surface area contributed by atoms with Crippen molar-refractivity contribution in [3.63, 3.8) is 0 Å². The maximum absolute atomic E-state index is 12.5. The van der Waals surface area contributed by atoms with Crippen molar-refractivity contribution in [2.45, 2.75) is 78.2 Å². The van der Waals surface area contributed by atoms with Crippen molar-refractivity contribution in [3.05, 3.63) is 0 Å². The van der Waals surface area contributed by atoms with Gasteiger partial charge in [0.25, 0.3) is 0 Å². The molecular weight excluding hydrogens is 332 g/mol. The van der Waals surface area contributed by atoms with Gasteiger partial charge in [-0.1, -0.05) is 27.2 Å². The number of nitrogens with two attached hydrogens (primary N) is 1. The normalized spacial score (nSPS) is 18.3. The number of primary amides is 1. The van der Waals surface area contributed by atoms with Crippen LogP contribution in [0.4, 0.5) is 9.59 Å². The number of unbranched alkanes of at least 4 members (excludes halogenated alkanes) is 1. The monoisotopic (exact) mass is 368 g/mol. The van der Waals surface area contributed by atoms with Gasteiger partial charge >= 0.3 is 12.2 Å². The van der Waals surface area contributed by atoms with Gasteiger partial charge in [-0.3, -0.25) is 0 Å². The van der Waals surface area contributed by atoms with E-state index in [1.165, 1.54) is 25.7 Å². The van der Waals surface area contributed by atoms with Gasteiger partial charge in [0, 0.05) is 13.1 Å². The number of rotatable bonds is 11. The molecule has 2 aliphatic carbocycles. The zero-order chi connectivity index (χ0) is 19.2. The number of carbonyl (C=O) groups is 2. The maximum atomic E-state index is 12.5. The molecule has 150 valence electrons. The van der Waals surface area contributed by atoms with E-state index in [-0.39, 0.29) is 12.7 Å². The van der Waals surface area contributed by atoms with E-state index >= 15 is 0 Å². The van der Waals surface area contributed by atoms with Crippen LogP contribution in [0.3, 0.4) is 0 Å².